The SMILES string of the molecule is CCN(CC)C(=O)COC(=O)c1ccc(-n2nc(C)cc2C)nc1. The van der Waals surface area contributed by atoms with Crippen LogP contribution in [-0.4, -0.2) is 51.2 Å². The first kappa shape index (κ1) is 17.7. The molecule has 0 saturated carbocycles. The minimum Gasteiger partial charge on any atom is -0.452 e. The molecule has 0 aliphatic rings. The zero-order chi connectivity index (χ0) is 17.7. The fourth-order valence-electron chi connectivity index (χ4n) is 2.37. The highest BCUT2D eigenvalue weighted by atomic mass is 16.5. The number of aryl methyl sites for hydroxylation is 2. The predicted octanol–water partition coefficient (Wildman–Crippen LogP) is 1.91. The van der Waals surface area contributed by atoms with Crippen LogP contribution in [0.15, 0.2) is 24.4 Å². The lowest BCUT2D eigenvalue weighted by Crippen LogP contribution is -2.34. The van der Waals surface area contributed by atoms with Gasteiger partial charge in [0.25, 0.3) is 5.91 Å². The molecule has 7 nitrogen and oxygen atoms in total. The van der Waals surface area contributed by atoms with E-state index < -0.39 is 5.97 Å². The summed E-state index contributed by atoms with van der Waals surface area (Å²) in [5.41, 5.74) is 2.15. The van der Waals surface area contributed by atoms with Gasteiger partial charge in [0, 0.05) is 25.0 Å². The van der Waals surface area contributed by atoms with Crippen LogP contribution in [0.5, 0.6) is 0 Å². The van der Waals surface area contributed by atoms with Crippen LogP contribution >= 0.6 is 0 Å². The lowest BCUT2D eigenvalue weighted by molar-refractivity contribution is -0.134. The summed E-state index contributed by atoms with van der Waals surface area (Å²) in [6, 6.07) is 5.26. The third kappa shape index (κ3) is 3.98. The first-order valence-corrected chi connectivity index (χ1v) is 7.90. The summed E-state index contributed by atoms with van der Waals surface area (Å²) in [6.07, 6.45) is 1.43. The molecule has 2 aromatic rings. The Labute approximate surface area is 141 Å². The molecule has 0 radical (unpaired) electrons. The Morgan fingerprint density at radius 2 is 1.92 bits per heavy atom. The van der Waals surface area contributed by atoms with Crippen molar-refractivity contribution in [2.45, 2.75) is 27.7 Å². The van der Waals surface area contributed by atoms with Crippen LogP contribution in [0, 0.1) is 13.8 Å². The summed E-state index contributed by atoms with van der Waals surface area (Å²) in [5.74, 6) is -0.153. The minimum absolute atomic E-state index is 0.208. The average molecular weight is 330 g/mol. The molecule has 0 spiro atoms. The number of carbonyl (C=O) groups is 2. The van der Waals surface area contributed by atoms with Crippen LogP contribution in [-0.2, 0) is 9.53 Å². The van der Waals surface area contributed by atoms with E-state index in [2.05, 4.69) is 10.1 Å². The van der Waals surface area contributed by atoms with Crippen LogP contribution in [0.2, 0.25) is 0 Å². The number of hydrogen-bond acceptors (Lipinski definition) is 5. The van der Waals surface area contributed by atoms with Crippen LogP contribution in [0.3, 0.4) is 0 Å². The van der Waals surface area contributed by atoms with E-state index in [1.807, 2.05) is 33.8 Å². The van der Waals surface area contributed by atoms with Gasteiger partial charge in [0.15, 0.2) is 12.4 Å². The fourth-order valence-corrected chi connectivity index (χ4v) is 2.37. The van der Waals surface area contributed by atoms with E-state index in [1.165, 1.54) is 6.20 Å². The third-order valence-electron chi connectivity index (χ3n) is 3.65. The van der Waals surface area contributed by atoms with E-state index in [4.69, 9.17) is 4.74 Å². The number of rotatable bonds is 6. The van der Waals surface area contributed by atoms with Crippen molar-refractivity contribution >= 4 is 11.9 Å². The molecule has 0 fully saturated rings. The molecular weight excluding hydrogens is 308 g/mol. The number of esters is 1. The highest BCUT2D eigenvalue weighted by molar-refractivity contribution is 5.91. The summed E-state index contributed by atoms with van der Waals surface area (Å²) in [7, 11) is 0. The monoisotopic (exact) mass is 330 g/mol. The summed E-state index contributed by atoms with van der Waals surface area (Å²) in [5, 5.41) is 4.34. The first-order valence-electron chi connectivity index (χ1n) is 7.90. The standard InChI is InChI=1S/C17H22N4O3/c1-5-20(6-2)16(22)11-24-17(23)14-7-8-15(18-10-14)21-13(4)9-12(3)19-21/h7-10H,5-6,11H2,1-4H3. The highest BCUT2D eigenvalue weighted by Crippen LogP contribution is 2.11. The maximum Gasteiger partial charge on any atom is 0.340 e. The molecule has 0 aliphatic heterocycles. The molecule has 0 unspecified atom stereocenters. The van der Waals surface area contributed by atoms with Crippen molar-refractivity contribution in [3.05, 3.63) is 41.3 Å². The topological polar surface area (TPSA) is 77.3 Å². The van der Waals surface area contributed by atoms with Crippen molar-refractivity contribution < 1.29 is 14.3 Å². The Balaban J connectivity index is 2.01. The van der Waals surface area contributed by atoms with E-state index >= 15 is 0 Å². The smallest absolute Gasteiger partial charge is 0.340 e. The molecule has 0 aliphatic carbocycles. The second-order valence-electron chi connectivity index (χ2n) is 5.39. The molecule has 2 rings (SSSR count). The Hall–Kier alpha value is -2.70. The Morgan fingerprint density at radius 3 is 2.42 bits per heavy atom. The number of likely N-dealkylation sites (N-methyl/N-ethyl adjacent to an activating group) is 1. The van der Waals surface area contributed by atoms with Crippen LogP contribution < -0.4 is 0 Å². The molecule has 0 atom stereocenters. The van der Waals surface area contributed by atoms with Gasteiger partial charge in [-0.05, 0) is 45.9 Å². The lowest BCUT2D eigenvalue weighted by atomic mass is 10.3. The molecule has 0 aromatic carbocycles. The number of amides is 1. The zero-order valence-electron chi connectivity index (χ0n) is 14.4. The number of carbonyl (C=O) groups excluding carboxylic acids is 2. The Morgan fingerprint density at radius 1 is 1.21 bits per heavy atom. The van der Waals surface area contributed by atoms with Gasteiger partial charge in [0.1, 0.15) is 0 Å². The van der Waals surface area contributed by atoms with Gasteiger partial charge < -0.3 is 9.64 Å². The van der Waals surface area contributed by atoms with E-state index in [9.17, 15) is 9.59 Å². The van der Waals surface area contributed by atoms with Gasteiger partial charge in [0.05, 0.1) is 11.3 Å². The molecule has 2 heterocycles. The van der Waals surface area contributed by atoms with Crippen molar-refractivity contribution in [2.24, 2.45) is 0 Å². The van der Waals surface area contributed by atoms with Crippen molar-refractivity contribution in [3.63, 3.8) is 0 Å². The van der Waals surface area contributed by atoms with E-state index in [1.54, 1.807) is 21.7 Å². The predicted molar refractivity (Wildman–Crippen MR) is 89.0 cm³/mol. The lowest BCUT2D eigenvalue weighted by Gasteiger charge is -2.18. The average Bonchev–Trinajstić information content (AvgIpc) is 2.92. The number of hydrogen-bond donors (Lipinski definition) is 0. The molecule has 0 saturated heterocycles. The van der Waals surface area contributed by atoms with Gasteiger partial charge in [0.2, 0.25) is 0 Å². The fraction of sp³-hybridized carbons (Fsp3) is 0.412. The summed E-state index contributed by atoms with van der Waals surface area (Å²) >= 11 is 0. The van der Waals surface area contributed by atoms with E-state index in [0.717, 1.165) is 11.4 Å². The zero-order valence-corrected chi connectivity index (χ0v) is 14.4. The summed E-state index contributed by atoms with van der Waals surface area (Å²) in [4.78, 5) is 29.7. The number of ether oxygens (including phenoxy) is 1. The highest BCUT2D eigenvalue weighted by Gasteiger charge is 2.14. The van der Waals surface area contributed by atoms with Gasteiger partial charge in [-0.1, -0.05) is 0 Å². The van der Waals surface area contributed by atoms with Gasteiger partial charge >= 0.3 is 5.97 Å². The molecule has 24 heavy (non-hydrogen) atoms. The van der Waals surface area contributed by atoms with Crippen molar-refractivity contribution in [1.82, 2.24) is 19.7 Å². The number of aromatic nitrogens is 3. The molecule has 0 bridgehead atoms. The number of nitrogens with zero attached hydrogens (tertiary/aromatic N) is 4. The summed E-state index contributed by atoms with van der Waals surface area (Å²) < 4.78 is 6.76. The largest absolute Gasteiger partial charge is 0.452 e. The van der Waals surface area contributed by atoms with Gasteiger partial charge in [-0.15, -0.1) is 0 Å². The van der Waals surface area contributed by atoms with E-state index in [0.29, 0.717) is 24.5 Å². The minimum atomic E-state index is -0.567. The van der Waals surface area contributed by atoms with Crippen molar-refractivity contribution in [1.29, 1.82) is 0 Å². The molecule has 128 valence electrons. The maximum absolute atomic E-state index is 12.0. The number of pyridine rings is 1. The van der Waals surface area contributed by atoms with E-state index in [-0.39, 0.29) is 12.5 Å². The van der Waals surface area contributed by atoms with Crippen molar-refractivity contribution in [2.75, 3.05) is 19.7 Å². The van der Waals surface area contributed by atoms with Gasteiger partial charge in [-0.3, -0.25) is 4.79 Å². The molecular formula is C17H22N4O3. The normalized spacial score (nSPS) is 10.5. The Bertz CT molecular complexity index is 718. The maximum atomic E-state index is 12.0. The molecule has 7 heteroatoms. The third-order valence-corrected chi connectivity index (χ3v) is 3.65. The second kappa shape index (κ2) is 7.72. The van der Waals surface area contributed by atoms with Gasteiger partial charge in [-0.2, -0.15) is 5.10 Å². The van der Waals surface area contributed by atoms with Crippen LogP contribution in [0.25, 0.3) is 5.82 Å². The molecule has 2 aromatic heterocycles. The summed E-state index contributed by atoms with van der Waals surface area (Å²) in [6.45, 7) is 8.51. The molecule has 1 amide bonds. The quantitative estimate of drug-likeness (QED) is 0.756. The Kier molecular flexibility index (Phi) is 5.68. The van der Waals surface area contributed by atoms with Crippen LogP contribution in [0.4, 0.5) is 0 Å². The first-order chi connectivity index (χ1) is 11.5. The second-order valence-corrected chi connectivity index (χ2v) is 5.39. The molecule has 0 N–H and O–H groups in total. The van der Waals surface area contributed by atoms with Crippen molar-refractivity contribution in [3.8, 4) is 5.82 Å². The van der Waals surface area contributed by atoms with Crippen LogP contribution in [0.1, 0.15) is 35.6 Å². The van der Waals surface area contributed by atoms with Gasteiger partial charge in [-0.25, -0.2) is 14.5 Å².